The molecule has 1 aromatic carbocycles. The monoisotopic (exact) mass is 474 g/mol. The van der Waals surface area contributed by atoms with E-state index < -0.39 is 41.3 Å². The van der Waals surface area contributed by atoms with Crippen LogP contribution < -0.4 is 11.1 Å². The smallest absolute Gasteiger partial charge is 0.383 e. The van der Waals surface area contributed by atoms with E-state index >= 15 is 0 Å². The van der Waals surface area contributed by atoms with Gasteiger partial charge in [0.15, 0.2) is 0 Å². The molecule has 0 aliphatic rings. The Morgan fingerprint density at radius 2 is 1.85 bits per heavy atom. The van der Waals surface area contributed by atoms with Gasteiger partial charge in [-0.2, -0.15) is 27.1 Å². The van der Waals surface area contributed by atoms with Crippen molar-refractivity contribution in [1.29, 1.82) is 0 Å². The molecule has 0 aliphatic heterocycles. The van der Waals surface area contributed by atoms with Gasteiger partial charge in [-0.25, -0.2) is 9.37 Å². The number of hydrogen-bond donors (Lipinski definition) is 3. The average Bonchev–Trinajstić information content (AvgIpc) is 3.24. The Hall–Kier alpha value is -3.84. The molecule has 0 fully saturated rings. The first-order chi connectivity index (χ1) is 15.3. The summed E-state index contributed by atoms with van der Waals surface area (Å²) in [5, 5.41) is 9.05. The summed E-state index contributed by atoms with van der Waals surface area (Å²) >= 11 is 0. The molecule has 33 heavy (non-hydrogen) atoms. The highest BCUT2D eigenvalue weighted by Gasteiger charge is 2.58. The fourth-order valence-corrected chi connectivity index (χ4v) is 2.99. The summed E-state index contributed by atoms with van der Waals surface area (Å²) in [5.41, 5.74) is 4.11. The summed E-state index contributed by atoms with van der Waals surface area (Å²) in [6.07, 6.45) is -3.36. The topological polar surface area (TPSA) is 117 Å². The summed E-state index contributed by atoms with van der Waals surface area (Å²) in [6, 6.07) is -0.0226. The highest BCUT2D eigenvalue weighted by atomic mass is 19.4. The number of pyridine rings is 1. The fraction of sp³-hybridized carbons (Fsp3) is 0.263. The van der Waals surface area contributed by atoms with Crippen LogP contribution in [-0.4, -0.2) is 45.1 Å². The number of nitrogens with two attached hydrogens (primary N) is 1. The number of carbonyl (C=O) groups excluding carboxylic acids is 2. The van der Waals surface area contributed by atoms with Crippen LogP contribution in [0.3, 0.4) is 0 Å². The zero-order valence-electron chi connectivity index (χ0n) is 17.0. The van der Waals surface area contributed by atoms with E-state index in [-0.39, 0.29) is 23.1 Å². The maximum absolute atomic E-state index is 14.4. The number of anilines is 2. The molecule has 2 amide bonds. The zero-order valence-corrected chi connectivity index (χ0v) is 17.0. The van der Waals surface area contributed by atoms with Crippen molar-refractivity contribution in [2.24, 2.45) is 0 Å². The molecule has 1 atom stereocenters. The number of hydrogen-bond acceptors (Lipinski definition) is 5. The number of alkyl halides is 5. The molecule has 3 rings (SSSR count). The van der Waals surface area contributed by atoms with Crippen LogP contribution in [0.15, 0.2) is 30.6 Å². The van der Waals surface area contributed by atoms with Gasteiger partial charge in [0.1, 0.15) is 11.6 Å². The molecule has 14 heteroatoms. The molecule has 2 heterocycles. The van der Waals surface area contributed by atoms with Crippen LogP contribution in [0.1, 0.15) is 24.1 Å². The van der Waals surface area contributed by atoms with E-state index in [1.54, 1.807) is 0 Å². The first kappa shape index (κ1) is 23.8. The van der Waals surface area contributed by atoms with E-state index in [0.29, 0.717) is 23.0 Å². The van der Waals surface area contributed by atoms with Gasteiger partial charge in [-0.05, 0) is 13.0 Å². The van der Waals surface area contributed by atoms with E-state index in [2.05, 4.69) is 20.5 Å². The Labute approximate surface area is 181 Å². The maximum atomic E-state index is 14.4. The predicted octanol–water partition coefficient (Wildman–Crippen LogP) is 3.49. The number of rotatable bonds is 4. The van der Waals surface area contributed by atoms with Crippen molar-refractivity contribution in [3.63, 3.8) is 0 Å². The summed E-state index contributed by atoms with van der Waals surface area (Å²) in [5.74, 6) is -8.82. The second-order valence-corrected chi connectivity index (χ2v) is 7.07. The van der Waals surface area contributed by atoms with Crippen LogP contribution >= 0.6 is 0 Å². The summed E-state index contributed by atoms with van der Waals surface area (Å²) in [4.78, 5) is 29.6. The first-order valence-electron chi connectivity index (χ1n) is 9.15. The van der Waals surface area contributed by atoms with Gasteiger partial charge in [-0.3, -0.25) is 14.7 Å². The minimum atomic E-state index is -5.91. The van der Waals surface area contributed by atoms with Crippen molar-refractivity contribution in [3.8, 4) is 0 Å². The van der Waals surface area contributed by atoms with Crippen LogP contribution in [0, 0.1) is 5.82 Å². The Balaban J connectivity index is 1.79. The predicted molar refractivity (Wildman–Crippen MR) is 104 cm³/mol. The number of amides is 2. The summed E-state index contributed by atoms with van der Waals surface area (Å²) in [6.45, 7) is 1.27. The lowest BCUT2D eigenvalue weighted by Gasteiger charge is -2.26. The lowest BCUT2D eigenvalue weighted by molar-refractivity contribution is -0.289. The Kier molecular flexibility index (Phi) is 5.96. The molecule has 0 bridgehead atoms. The molecule has 4 N–H and O–H groups in total. The minimum Gasteiger partial charge on any atom is -0.383 e. The number of fused-ring (bicyclic) bond motifs is 1. The van der Waals surface area contributed by atoms with Crippen molar-refractivity contribution in [2.45, 2.75) is 25.1 Å². The van der Waals surface area contributed by atoms with Crippen molar-refractivity contribution in [2.75, 3.05) is 18.1 Å². The molecule has 2 aromatic heterocycles. The van der Waals surface area contributed by atoms with Crippen LogP contribution in [0.4, 0.5) is 37.8 Å². The molecular formula is C19H16F6N6O2. The Morgan fingerprint density at radius 1 is 1.18 bits per heavy atom. The number of aromatic amines is 1. The quantitative estimate of drug-likeness (QED) is 0.395. The van der Waals surface area contributed by atoms with E-state index in [0.717, 1.165) is 11.9 Å². The normalized spacial score (nSPS) is 13.1. The lowest BCUT2D eigenvalue weighted by atomic mass is 10.0. The van der Waals surface area contributed by atoms with Gasteiger partial charge in [0.05, 0.1) is 35.0 Å². The third kappa shape index (κ3) is 4.27. The number of likely N-dealkylation sites (N-methyl/N-ethyl adjacent to an activating group) is 1. The SMILES string of the molecule is C[C@@H](c1ccc(C(F)(F)C(F)(F)F)cc1F)N(C)C(=O)C(=O)Nc1cnc(N)c2cn[nH]c12. The second-order valence-electron chi connectivity index (χ2n) is 7.07. The number of nitrogen functional groups attached to an aromatic ring is 1. The lowest BCUT2D eigenvalue weighted by Crippen LogP contribution is -2.39. The molecule has 8 nitrogen and oxygen atoms in total. The molecule has 0 radical (unpaired) electrons. The standard InChI is InChI=1S/C19H16F6N6O2/c1-8(10-4-3-9(5-12(10)20)18(21,22)19(23,24)25)31(2)17(33)16(32)29-13-7-27-15(26)11-6-28-30-14(11)13/h3-8H,1-2H3,(H2,26,27)(H,28,30)(H,29,32)/t8-/m0/s1. The molecule has 3 aromatic rings. The number of aromatic nitrogens is 3. The third-order valence-corrected chi connectivity index (χ3v) is 5.03. The third-order valence-electron chi connectivity index (χ3n) is 5.03. The first-order valence-corrected chi connectivity index (χ1v) is 9.15. The molecule has 0 saturated heterocycles. The number of carbonyl (C=O) groups is 2. The van der Waals surface area contributed by atoms with Crippen LogP contribution in [0.25, 0.3) is 10.9 Å². The zero-order chi connectivity index (χ0) is 24.7. The van der Waals surface area contributed by atoms with Gasteiger partial charge in [-0.15, -0.1) is 0 Å². The van der Waals surface area contributed by atoms with Crippen LogP contribution in [-0.2, 0) is 15.5 Å². The molecule has 0 saturated carbocycles. The summed E-state index contributed by atoms with van der Waals surface area (Å²) in [7, 11) is 1.14. The number of halogens is 6. The molecule has 0 aliphatic carbocycles. The van der Waals surface area contributed by atoms with Crippen molar-refractivity contribution in [1.82, 2.24) is 20.1 Å². The second kappa shape index (κ2) is 8.26. The summed E-state index contributed by atoms with van der Waals surface area (Å²) < 4.78 is 78.9. The fourth-order valence-electron chi connectivity index (χ4n) is 2.99. The number of benzene rings is 1. The number of H-pyrrole nitrogens is 1. The number of nitrogens with one attached hydrogen (secondary N) is 2. The van der Waals surface area contributed by atoms with Gasteiger partial charge in [-0.1, -0.05) is 12.1 Å². The Morgan fingerprint density at radius 3 is 2.45 bits per heavy atom. The average molecular weight is 474 g/mol. The largest absolute Gasteiger partial charge is 0.458 e. The van der Waals surface area contributed by atoms with Gasteiger partial charge < -0.3 is 16.0 Å². The molecule has 0 spiro atoms. The van der Waals surface area contributed by atoms with Crippen molar-refractivity contribution >= 4 is 34.2 Å². The molecule has 176 valence electrons. The van der Waals surface area contributed by atoms with Gasteiger partial charge >= 0.3 is 23.9 Å². The molecule has 0 unspecified atom stereocenters. The highest BCUT2D eigenvalue weighted by Crippen LogP contribution is 2.44. The van der Waals surface area contributed by atoms with Crippen molar-refractivity contribution < 1.29 is 35.9 Å². The van der Waals surface area contributed by atoms with E-state index in [4.69, 9.17) is 5.73 Å². The van der Waals surface area contributed by atoms with Gasteiger partial charge in [0.25, 0.3) is 0 Å². The van der Waals surface area contributed by atoms with Gasteiger partial charge in [0, 0.05) is 18.2 Å². The maximum Gasteiger partial charge on any atom is 0.458 e. The van der Waals surface area contributed by atoms with E-state index in [1.807, 2.05) is 0 Å². The van der Waals surface area contributed by atoms with Gasteiger partial charge in [0.2, 0.25) is 0 Å². The van der Waals surface area contributed by atoms with Crippen LogP contribution in [0.5, 0.6) is 0 Å². The van der Waals surface area contributed by atoms with E-state index in [1.165, 1.54) is 19.3 Å². The minimum absolute atomic E-state index is 0.0483. The van der Waals surface area contributed by atoms with Crippen LogP contribution in [0.2, 0.25) is 0 Å². The van der Waals surface area contributed by atoms with E-state index in [9.17, 15) is 35.9 Å². The molecular weight excluding hydrogens is 458 g/mol. The highest BCUT2D eigenvalue weighted by molar-refractivity contribution is 6.40. The Bertz CT molecular complexity index is 1230. The van der Waals surface area contributed by atoms with Crippen molar-refractivity contribution in [3.05, 3.63) is 47.5 Å². The number of nitrogens with zero attached hydrogens (tertiary/aromatic N) is 3.